The molecule has 3 aromatic rings. The van der Waals surface area contributed by atoms with E-state index in [0.717, 1.165) is 11.0 Å². The third-order valence-electron chi connectivity index (χ3n) is 3.06. The smallest absolute Gasteiger partial charge is 0.189 e. The third kappa shape index (κ3) is 5.31. The van der Waals surface area contributed by atoms with Crippen LogP contribution in [0.1, 0.15) is 18.9 Å². The van der Waals surface area contributed by atoms with Crippen molar-refractivity contribution >= 4 is 35.8 Å². The summed E-state index contributed by atoms with van der Waals surface area (Å²) in [6, 6.07) is 16.7. The van der Waals surface area contributed by atoms with Crippen LogP contribution in [-0.4, -0.2) is 20.2 Å². The summed E-state index contributed by atoms with van der Waals surface area (Å²) < 4.78 is 0. The minimum Gasteiger partial charge on any atom is -0.362 e. The maximum Gasteiger partial charge on any atom is 0.189 e. The number of para-hydroxylation sites is 2. The van der Waals surface area contributed by atoms with Crippen LogP contribution in [0.3, 0.4) is 0 Å². The molecular formula is C16H20Cl2N2O2. The number of rotatable bonds is 2. The molecule has 0 amide bonds. The monoisotopic (exact) mass is 342 g/mol. The molecule has 0 aliphatic heterocycles. The lowest BCUT2D eigenvalue weighted by Gasteiger charge is -2.19. The van der Waals surface area contributed by atoms with Crippen molar-refractivity contribution < 1.29 is 10.2 Å². The van der Waals surface area contributed by atoms with Gasteiger partial charge in [-0.2, -0.15) is 0 Å². The zero-order valence-corrected chi connectivity index (χ0v) is 13.8. The molecule has 120 valence electrons. The van der Waals surface area contributed by atoms with E-state index in [4.69, 9.17) is 0 Å². The fraction of sp³-hybridized carbons (Fsp3) is 0.188. The Hall–Kier alpha value is -1.59. The molecule has 6 heteroatoms. The first-order chi connectivity index (χ1) is 9.63. The van der Waals surface area contributed by atoms with Crippen LogP contribution >= 0.6 is 24.8 Å². The molecule has 0 atom stereocenters. The maximum absolute atomic E-state index is 9.35. The number of imidazole rings is 1. The molecule has 1 heterocycles. The van der Waals surface area contributed by atoms with Crippen molar-refractivity contribution in [1.82, 2.24) is 9.97 Å². The van der Waals surface area contributed by atoms with E-state index in [2.05, 4.69) is 9.97 Å². The summed E-state index contributed by atoms with van der Waals surface area (Å²) in [5.74, 6) is -1.67. The number of hydrogen-bond donors (Lipinski definition) is 3. The highest BCUT2D eigenvalue weighted by Crippen LogP contribution is 2.20. The predicted octanol–water partition coefficient (Wildman–Crippen LogP) is 3.64. The molecule has 0 radical (unpaired) electrons. The standard InChI is InChI=1S/C9H12O2.C7H6N2.2ClH/c1-2-9(10,11)8-6-4-3-5-7-8;1-2-4-7-6(3-1)8-5-9-7;;/h3-7,10-11H,2H2,1H3;1-5H,(H,8,9);2*1H. The minimum absolute atomic E-state index is 0. The highest BCUT2D eigenvalue weighted by atomic mass is 35.5. The maximum atomic E-state index is 9.35. The first-order valence-electron chi connectivity index (χ1n) is 6.52. The molecule has 0 unspecified atom stereocenters. The largest absolute Gasteiger partial charge is 0.362 e. The summed E-state index contributed by atoms with van der Waals surface area (Å²) in [5, 5.41) is 18.7. The molecule has 4 nitrogen and oxygen atoms in total. The number of fused-ring (bicyclic) bond motifs is 1. The second-order valence-electron chi connectivity index (χ2n) is 4.46. The molecule has 0 aliphatic carbocycles. The van der Waals surface area contributed by atoms with Gasteiger partial charge in [0.05, 0.1) is 17.4 Å². The molecule has 22 heavy (non-hydrogen) atoms. The number of aromatic amines is 1. The van der Waals surface area contributed by atoms with E-state index in [-0.39, 0.29) is 24.8 Å². The molecule has 0 saturated heterocycles. The molecule has 0 bridgehead atoms. The normalized spacial score (nSPS) is 9.95. The molecule has 0 saturated carbocycles. The van der Waals surface area contributed by atoms with Crippen molar-refractivity contribution in [1.29, 1.82) is 0 Å². The second-order valence-corrected chi connectivity index (χ2v) is 4.46. The average molecular weight is 343 g/mol. The Bertz CT molecular complexity index is 627. The van der Waals surface area contributed by atoms with Gasteiger partial charge in [0.2, 0.25) is 0 Å². The number of halogens is 2. The van der Waals surface area contributed by atoms with Crippen LogP contribution in [0, 0.1) is 0 Å². The van der Waals surface area contributed by atoms with Crippen LogP contribution in [0.5, 0.6) is 0 Å². The quantitative estimate of drug-likeness (QED) is 0.622. The molecular weight excluding hydrogens is 323 g/mol. The van der Waals surface area contributed by atoms with Gasteiger partial charge in [-0.3, -0.25) is 0 Å². The van der Waals surface area contributed by atoms with E-state index >= 15 is 0 Å². The lowest BCUT2D eigenvalue weighted by Crippen LogP contribution is -2.23. The van der Waals surface area contributed by atoms with Crippen molar-refractivity contribution in [2.45, 2.75) is 19.1 Å². The van der Waals surface area contributed by atoms with E-state index in [1.165, 1.54) is 0 Å². The first kappa shape index (κ1) is 20.4. The predicted molar refractivity (Wildman–Crippen MR) is 93.4 cm³/mol. The zero-order valence-electron chi connectivity index (χ0n) is 12.1. The zero-order chi connectivity index (χ0) is 14.4. The van der Waals surface area contributed by atoms with Crippen LogP contribution in [0.25, 0.3) is 11.0 Å². The Kier molecular flexibility index (Phi) is 8.75. The lowest BCUT2D eigenvalue weighted by atomic mass is 10.0. The van der Waals surface area contributed by atoms with Gasteiger partial charge < -0.3 is 15.2 Å². The highest BCUT2D eigenvalue weighted by Gasteiger charge is 2.21. The fourth-order valence-corrected chi connectivity index (χ4v) is 1.79. The van der Waals surface area contributed by atoms with E-state index in [0.29, 0.717) is 12.0 Å². The molecule has 0 aliphatic rings. The van der Waals surface area contributed by atoms with Gasteiger partial charge in [-0.1, -0.05) is 49.4 Å². The number of aliphatic hydroxyl groups is 2. The summed E-state index contributed by atoms with van der Waals surface area (Å²) >= 11 is 0. The van der Waals surface area contributed by atoms with Gasteiger partial charge in [0.15, 0.2) is 5.79 Å². The number of nitrogens with one attached hydrogen (secondary N) is 1. The van der Waals surface area contributed by atoms with Crippen LogP contribution in [0.2, 0.25) is 0 Å². The van der Waals surface area contributed by atoms with Crippen molar-refractivity contribution in [3.63, 3.8) is 0 Å². The summed E-state index contributed by atoms with van der Waals surface area (Å²) in [4.78, 5) is 7.07. The van der Waals surface area contributed by atoms with Gasteiger partial charge >= 0.3 is 0 Å². The molecule has 0 spiro atoms. The molecule has 3 N–H and O–H groups in total. The van der Waals surface area contributed by atoms with Crippen LogP contribution < -0.4 is 0 Å². The van der Waals surface area contributed by atoms with Crippen molar-refractivity contribution in [3.8, 4) is 0 Å². The average Bonchev–Trinajstić information content (AvgIpc) is 2.97. The Morgan fingerprint density at radius 2 is 1.55 bits per heavy atom. The highest BCUT2D eigenvalue weighted by molar-refractivity contribution is 5.85. The minimum atomic E-state index is -1.67. The van der Waals surface area contributed by atoms with Crippen molar-refractivity contribution in [2.24, 2.45) is 0 Å². The Labute approximate surface area is 142 Å². The summed E-state index contributed by atoms with van der Waals surface area (Å²) in [6.07, 6.45) is 2.00. The number of benzene rings is 2. The van der Waals surface area contributed by atoms with Gasteiger partial charge in [0, 0.05) is 12.0 Å². The van der Waals surface area contributed by atoms with Gasteiger partial charge in [0.1, 0.15) is 0 Å². The number of nitrogens with zero attached hydrogens (tertiary/aromatic N) is 1. The van der Waals surface area contributed by atoms with Crippen molar-refractivity contribution in [2.75, 3.05) is 0 Å². The summed E-state index contributed by atoms with van der Waals surface area (Å²) in [7, 11) is 0. The summed E-state index contributed by atoms with van der Waals surface area (Å²) in [6.45, 7) is 1.73. The number of H-pyrrole nitrogens is 1. The summed E-state index contributed by atoms with van der Waals surface area (Å²) in [5.41, 5.74) is 2.66. The van der Waals surface area contributed by atoms with Gasteiger partial charge in [-0.25, -0.2) is 4.98 Å². The Balaban J connectivity index is 0.000000372. The van der Waals surface area contributed by atoms with E-state index in [1.807, 2.05) is 30.3 Å². The molecule has 0 fully saturated rings. The number of aromatic nitrogens is 2. The SMILES string of the molecule is CCC(O)(O)c1ccccc1.Cl.Cl.c1ccc2[nH]cnc2c1. The molecule has 1 aromatic heterocycles. The lowest BCUT2D eigenvalue weighted by molar-refractivity contribution is -0.171. The van der Waals surface area contributed by atoms with Gasteiger partial charge in [-0.05, 0) is 12.1 Å². The fourth-order valence-electron chi connectivity index (χ4n) is 1.79. The molecule has 2 aromatic carbocycles. The van der Waals surface area contributed by atoms with Crippen molar-refractivity contribution in [3.05, 3.63) is 66.5 Å². The van der Waals surface area contributed by atoms with Gasteiger partial charge in [0.25, 0.3) is 0 Å². The second kappa shape index (κ2) is 9.43. The van der Waals surface area contributed by atoms with Crippen LogP contribution in [0.15, 0.2) is 60.9 Å². The third-order valence-corrected chi connectivity index (χ3v) is 3.06. The Morgan fingerprint density at radius 1 is 0.955 bits per heavy atom. The van der Waals surface area contributed by atoms with E-state index < -0.39 is 5.79 Å². The van der Waals surface area contributed by atoms with E-state index in [9.17, 15) is 10.2 Å². The number of hydrogen-bond acceptors (Lipinski definition) is 3. The topological polar surface area (TPSA) is 69.1 Å². The molecule has 3 rings (SSSR count). The van der Waals surface area contributed by atoms with Crippen LogP contribution in [0.4, 0.5) is 0 Å². The van der Waals surface area contributed by atoms with Gasteiger partial charge in [-0.15, -0.1) is 24.8 Å². The van der Waals surface area contributed by atoms with E-state index in [1.54, 1.807) is 37.5 Å². The van der Waals surface area contributed by atoms with Crippen LogP contribution in [-0.2, 0) is 5.79 Å². The first-order valence-corrected chi connectivity index (χ1v) is 6.52. The Morgan fingerprint density at radius 3 is 2.14 bits per heavy atom.